The summed E-state index contributed by atoms with van der Waals surface area (Å²) in [5.74, 6) is 2.33. The van der Waals surface area contributed by atoms with Crippen LogP contribution >= 0.6 is 0 Å². The summed E-state index contributed by atoms with van der Waals surface area (Å²) in [5, 5.41) is 10.2. The van der Waals surface area contributed by atoms with Crippen LogP contribution in [0.1, 0.15) is 22.5 Å². The van der Waals surface area contributed by atoms with Crippen LogP contribution in [0.3, 0.4) is 0 Å². The predicted octanol–water partition coefficient (Wildman–Crippen LogP) is 5.34. The van der Waals surface area contributed by atoms with E-state index in [1.54, 1.807) is 54.3 Å². The zero-order chi connectivity index (χ0) is 24.2. The van der Waals surface area contributed by atoms with Crippen LogP contribution in [0.4, 0.5) is 16.2 Å². The summed E-state index contributed by atoms with van der Waals surface area (Å²) >= 11 is 0. The number of carbonyl (C=O) groups is 1. The number of rotatable bonds is 6. The maximum atomic E-state index is 12.4. The van der Waals surface area contributed by atoms with Gasteiger partial charge in [-0.05, 0) is 81.3 Å². The number of urea groups is 1. The van der Waals surface area contributed by atoms with Crippen molar-refractivity contribution in [2.24, 2.45) is 0 Å². The number of methoxy groups -OCH3 is 1. The Morgan fingerprint density at radius 1 is 0.912 bits per heavy atom. The maximum absolute atomic E-state index is 12.4. The molecule has 0 aliphatic heterocycles. The third kappa shape index (κ3) is 4.98. The van der Waals surface area contributed by atoms with E-state index in [1.165, 1.54) is 6.33 Å². The number of amides is 2. The molecule has 4 rings (SSSR count). The largest absolute Gasteiger partial charge is 0.497 e. The summed E-state index contributed by atoms with van der Waals surface area (Å²) in [7, 11) is 1.60. The maximum Gasteiger partial charge on any atom is 0.323 e. The molecule has 4 aromatic rings. The molecule has 2 aromatic heterocycles. The fourth-order valence-electron chi connectivity index (χ4n) is 3.36. The van der Waals surface area contributed by atoms with Crippen LogP contribution in [0, 0.1) is 27.7 Å². The first-order valence-corrected chi connectivity index (χ1v) is 10.7. The molecule has 0 bridgehead atoms. The van der Waals surface area contributed by atoms with Gasteiger partial charge in [0.15, 0.2) is 5.82 Å². The van der Waals surface area contributed by atoms with Gasteiger partial charge in [0, 0.05) is 23.1 Å². The van der Waals surface area contributed by atoms with Gasteiger partial charge >= 0.3 is 6.03 Å². The number of anilines is 2. The lowest BCUT2D eigenvalue weighted by molar-refractivity contribution is 0.262. The molecule has 2 amide bonds. The molecule has 0 saturated carbocycles. The van der Waals surface area contributed by atoms with Crippen LogP contribution in [0.2, 0.25) is 0 Å². The van der Waals surface area contributed by atoms with E-state index in [2.05, 4.69) is 25.7 Å². The topological polar surface area (TPSA) is 103 Å². The molecule has 0 spiro atoms. The Morgan fingerprint density at radius 2 is 1.65 bits per heavy atom. The highest BCUT2D eigenvalue weighted by Gasteiger charge is 2.12. The van der Waals surface area contributed by atoms with Crippen molar-refractivity contribution in [1.29, 1.82) is 0 Å². The van der Waals surface area contributed by atoms with Gasteiger partial charge in [0.25, 0.3) is 0 Å². The number of aromatic nitrogens is 4. The highest BCUT2D eigenvalue weighted by Crippen LogP contribution is 2.24. The Morgan fingerprint density at radius 3 is 2.29 bits per heavy atom. The third-order valence-corrected chi connectivity index (χ3v) is 5.51. The molecular formula is C25H26N6O3. The molecule has 2 aromatic carbocycles. The minimum absolute atomic E-state index is 0.345. The molecule has 0 saturated heterocycles. The molecule has 0 fully saturated rings. The minimum Gasteiger partial charge on any atom is -0.497 e. The number of nitrogens with zero attached hydrogens (tertiary/aromatic N) is 4. The number of benzene rings is 2. The van der Waals surface area contributed by atoms with E-state index in [4.69, 9.17) is 9.47 Å². The summed E-state index contributed by atoms with van der Waals surface area (Å²) in [5.41, 5.74) is 5.31. The first kappa shape index (κ1) is 22.8. The fraction of sp³-hybridized carbons (Fsp3) is 0.200. The Hall–Kier alpha value is -4.40. The molecule has 174 valence electrons. The van der Waals surface area contributed by atoms with E-state index in [9.17, 15) is 4.79 Å². The SMILES string of the molecule is COc1ccc(NC(=O)Nc2ccc(Oc3cc(-n4nc(C)c(C)c4C)ncn3)cc2)c(C)c1. The third-order valence-electron chi connectivity index (χ3n) is 5.51. The first-order chi connectivity index (χ1) is 16.3. The smallest absolute Gasteiger partial charge is 0.323 e. The molecule has 34 heavy (non-hydrogen) atoms. The summed E-state index contributed by atoms with van der Waals surface area (Å²) in [4.78, 5) is 20.9. The summed E-state index contributed by atoms with van der Waals surface area (Å²) in [6.07, 6.45) is 1.44. The van der Waals surface area contributed by atoms with Crippen LogP contribution in [-0.2, 0) is 0 Å². The Labute approximate surface area is 197 Å². The zero-order valence-electron chi connectivity index (χ0n) is 19.7. The Bertz CT molecular complexity index is 1330. The van der Waals surface area contributed by atoms with Crippen LogP contribution in [0.15, 0.2) is 54.9 Å². The number of nitrogens with one attached hydrogen (secondary N) is 2. The van der Waals surface area contributed by atoms with Crippen molar-refractivity contribution >= 4 is 17.4 Å². The molecular weight excluding hydrogens is 432 g/mol. The summed E-state index contributed by atoms with van der Waals surface area (Å²) < 4.78 is 12.8. The van der Waals surface area contributed by atoms with Gasteiger partial charge in [-0.3, -0.25) is 0 Å². The number of carbonyl (C=O) groups excluding carboxylic acids is 1. The van der Waals surface area contributed by atoms with Crippen molar-refractivity contribution in [1.82, 2.24) is 19.7 Å². The molecule has 2 N–H and O–H groups in total. The number of ether oxygens (including phenoxy) is 2. The molecule has 0 atom stereocenters. The average molecular weight is 459 g/mol. The predicted molar refractivity (Wildman–Crippen MR) is 130 cm³/mol. The lowest BCUT2D eigenvalue weighted by Gasteiger charge is -2.11. The molecule has 9 heteroatoms. The van der Waals surface area contributed by atoms with Gasteiger partial charge in [-0.1, -0.05) is 0 Å². The fourth-order valence-corrected chi connectivity index (χ4v) is 3.36. The summed E-state index contributed by atoms with van der Waals surface area (Å²) in [6, 6.07) is 13.9. The van der Waals surface area contributed by atoms with Crippen molar-refractivity contribution in [2.75, 3.05) is 17.7 Å². The van der Waals surface area contributed by atoms with E-state index in [1.807, 2.05) is 33.8 Å². The number of hydrogen-bond donors (Lipinski definition) is 2. The van der Waals surface area contributed by atoms with Gasteiger partial charge < -0.3 is 20.1 Å². The van der Waals surface area contributed by atoms with Crippen molar-refractivity contribution in [3.63, 3.8) is 0 Å². The van der Waals surface area contributed by atoms with Gasteiger partial charge in [0.1, 0.15) is 17.8 Å². The number of hydrogen-bond acceptors (Lipinski definition) is 6. The monoisotopic (exact) mass is 458 g/mol. The second-order valence-electron chi connectivity index (χ2n) is 7.81. The number of aryl methyl sites for hydroxylation is 2. The van der Waals surface area contributed by atoms with Gasteiger partial charge in [-0.2, -0.15) is 5.10 Å². The van der Waals surface area contributed by atoms with E-state index >= 15 is 0 Å². The molecule has 0 unspecified atom stereocenters. The van der Waals surface area contributed by atoms with Gasteiger partial charge in [0.2, 0.25) is 5.88 Å². The molecule has 0 radical (unpaired) electrons. The normalized spacial score (nSPS) is 10.6. The van der Waals surface area contributed by atoms with E-state index in [0.29, 0.717) is 28.8 Å². The van der Waals surface area contributed by atoms with Crippen LogP contribution in [-0.4, -0.2) is 32.9 Å². The van der Waals surface area contributed by atoms with Crippen LogP contribution in [0.25, 0.3) is 5.82 Å². The first-order valence-electron chi connectivity index (χ1n) is 10.7. The molecule has 9 nitrogen and oxygen atoms in total. The van der Waals surface area contributed by atoms with E-state index < -0.39 is 0 Å². The highest BCUT2D eigenvalue weighted by molar-refractivity contribution is 6.00. The van der Waals surface area contributed by atoms with Crippen LogP contribution in [0.5, 0.6) is 17.4 Å². The van der Waals surface area contributed by atoms with Gasteiger partial charge in [-0.25, -0.2) is 19.4 Å². The molecule has 0 aliphatic rings. The van der Waals surface area contributed by atoms with Crippen molar-refractivity contribution in [3.05, 3.63) is 77.4 Å². The van der Waals surface area contributed by atoms with E-state index in [-0.39, 0.29) is 6.03 Å². The van der Waals surface area contributed by atoms with Crippen molar-refractivity contribution < 1.29 is 14.3 Å². The second kappa shape index (κ2) is 9.62. The Kier molecular flexibility index (Phi) is 6.44. The lowest BCUT2D eigenvalue weighted by Crippen LogP contribution is -2.19. The van der Waals surface area contributed by atoms with Crippen molar-refractivity contribution in [2.45, 2.75) is 27.7 Å². The highest BCUT2D eigenvalue weighted by atomic mass is 16.5. The molecule has 2 heterocycles. The lowest BCUT2D eigenvalue weighted by atomic mass is 10.2. The molecule has 0 aliphatic carbocycles. The van der Waals surface area contributed by atoms with Gasteiger partial charge in [-0.15, -0.1) is 0 Å². The van der Waals surface area contributed by atoms with E-state index in [0.717, 1.165) is 28.3 Å². The minimum atomic E-state index is -0.345. The average Bonchev–Trinajstić information content (AvgIpc) is 3.09. The second-order valence-corrected chi connectivity index (χ2v) is 7.81. The van der Waals surface area contributed by atoms with Crippen molar-refractivity contribution in [3.8, 4) is 23.2 Å². The summed E-state index contributed by atoms with van der Waals surface area (Å²) in [6.45, 7) is 7.89. The quantitative estimate of drug-likeness (QED) is 0.404. The standard InChI is InChI=1S/C25H26N6O3/c1-15-12-21(33-5)10-11-22(15)29-25(32)28-19-6-8-20(9-7-19)34-24-13-23(26-14-27-24)31-18(4)16(2)17(3)30-31/h6-14H,1-5H3,(H2,28,29,32). The van der Waals surface area contributed by atoms with Gasteiger partial charge in [0.05, 0.1) is 12.8 Å². The zero-order valence-corrected chi connectivity index (χ0v) is 19.7. The Balaban J connectivity index is 1.40. The van der Waals surface area contributed by atoms with Crippen LogP contribution < -0.4 is 20.1 Å².